The summed E-state index contributed by atoms with van der Waals surface area (Å²) in [5.74, 6) is 0.590. The normalized spacial score (nSPS) is 12.8. The first kappa shape index (κ1) is 23.5. The fourth-order valence-corrected chi connectivity index (χ4v) is 3.76. The average molecular weight is 440 g/mol. The number of ether oxygens (including phenoxy) is 1. The highest BCUT2D eigenvalue weighted by Crippen LogP contribution is 2.47. The van der Waals surface area contributed by atoms with Gasteiger partial charge in [-0.2, -0.15) is 0 Å². The topological polar surface area (TPSA) is 72.6 Å². The average Bonchev–Trinajstić information content (AvgIpc) is 3.57. The van der Waals surface area contributed by atoms with E-state index in [0.717, 1.165) is 41.7 Å². The zero-order valence-electron chi connectivity index (χ0n) is 18.9. The third kappa shape index (κ3) is 5.75. The lowest BCUT2D eigenvalue weighted by Crippen LogP contribution is -1.99. The number of hydrogen-bond acceptors (Lipinski definition) is 4. The van der Waals surface area contributed by atoms with Gasteiger partial charge in [0, 0.05) is 24.0 Å². The number of hydrogen-bond donors (Lipinski definition) is 1. The molecule has 1 aromatic heterocycles. The molecule has 0 unspecified atom stereocenters. The SMILES string of the molecule is CC.COc1ccc(F)c(-c2noc(CCc3cccc(CCC(=O)O)c3)c2C2CC2)c1. The fraction of sp³-hybridized carbons (Fsp3) is 0.385. The van der Waals surface area contributed by atoms with E-state index in [2.05, 4.69) is 5.16 Å². The zero-order chi connectivity index (χ0) is 23.1. The molecule has 2 aromatic carbocycles. The predicted octanol–water partition coefficient (Wildman–Crippen LogP) is 6.20. The maximum absolute atomic E-state index is 14.5. The molecule has 0 amide bonds. The van der Waals surface area contributed by atoms with Crippen molar-refractivity contribution in [3.63, 3.8) is 0 Å². The third-order valence-corrected chi connectivity index (χ3v) is 5.48. The molecule has 0 aliphatic heterocycles. The van der Waals surface area contributed by atoms with Crippen molar-refractivity contribution in [1.82, 2.24) is 5.16 Å². The second-order valence-electron chi connectivity index (χ2n) is 7.70. The summed E-state index contributed by atoms with van der Waals surface area (Å²) < 4.78 is 25.4. The number of aryl methyl sites for hydroxylation is 3. The molecule has 1 aliphatic carbocycles. The highest BCUT2D eigenvalue weighted by atomic mass is 19.1. The molecular formula is C26H30FNO4. The van der Waals surface area contributed by atoms with Crippen molar-refractivity contribution in [2.24, 2.45) is 0 Å². The standard InChI is InChI=1S/C24H24FNO4.C2H6/c1-29-18-9-10-20(25)19(14-18)24-23(17-7-8-17)21(30-26-24)11-5-15-3-2-4-16(13-15)6-12-22(27)28;1-2/h2-4,9-10,13-14,17H,5-8,11-12H2,1H3,(H,27,28);1-2H3. The monoisotopic (exact) mass is 439 g/mol. The number of rotatable bonds is 9. The molecule has 32 heavy (non-hydrogen) atoms. The van der Waals surface area contributed by atoms with Crippen LogP contribution in [0, 0.1) is 5.82 Å². The Balaban J connectivity index is 0.00000141. The summed E-state index contributed by atoms with van der Waals surface area (Å²) >= 11 is 0. The summed E-state index contributed by atoms with van der Waals surface area (Å²) in [4.78, 5) is 10.8. The molecule has 0 atom stereocenters. The van der Waals surface area contributed by atoms with Gasteiger partial charge in [0.15, 0.2) is 0 Å². The molecule has 3 aromatic rings. The summed E-state index contributed by atoms with van der Waals surface area (Å²) in [7, 11) is 1.55. The van der Waals surface area contributed by atoms with E-state index < -0.39 is 5.97 Å². The van der Waals surface area contributed by atoms with Gasteiger partial charge >= 0.3 is 5.97 Å². The van der Waals surface area contributed by atoms with Gasteiger partial charge in [-0.15, -0.1) is 0 Å². The minimum atomic E-state index is -0.798. The largest absolute Gasteiger partial charge is 0.497 e. The van der Waals surface area contributed by atoms with Crippen molar-refractivity contribution in [2.75, 3.05) is 7.11 Å². The van der Waals surface area contributed by atoms with E-state index in [1.165, 1.54) is 6.07 Å². The molecule has 1 heterocycles. The molecule has 1 saturated carbocycles. The van der Waals surface area contributed by atoms with Gasteiger partial charge in [-0.25, -0.2) is 4.39 Å². The number of carboxylic acids is 1. The lowest BCUT2D eigenvalue weighted by Gasteiger charge is -2.07. The van der Waals surface area contributed by atoms with Crippen LogP contribution < -0.4 is 4.74 Å². The van der Waals surface area contributed by atoms with Gasteiger partial charge in [0.25, 0.3) is 0 Å². The maximum atomic E-state index is 14.5. The van der Waals surface area contributed by atoms with Crippen LogP contribution in [-0.4, -0.2) is 23.3 Å². The van der Waals surface area contributed by atoms with Crippen LogP contribution in [0.2, 0.25) is 0 Å². The molecule has 0 bridgehead atoms. The summed E-state index contributed by atoms with van der Waals surface area (Å²) in [6, 6.07) is 12.6. The minimum absolute atomic E-state index is 0.118. The zero-order valence-corrected chi connectivity index (χ0v) is 18.9. The lowest BCUT2D eigenvalue weighted by atomic mass is 9.97. The van der Waals surface area contributed by atoms with E-state index in [1.54, 1.807) is 19.2 Å². The Morgan fingerprint density at radius 1 is 1.12 bits per heavy atom. The van der Waals surface area contributed by atoms with Crippen LogP contribution in [0.25, 0.3) is 11.3 Å². The summed E-state index contributed by atoms with van der Waals surface area (Å²) in [6.45, 7) is 4.00. The van der Waals surface area contributed by atoms with E-state index >= 15 is 0 Å². The molecule has 6 heteroatoms. The fourth-order valence-electron chi connectivity index (χ4n) is 3.76. The van der Waals surface area contributed by atoms with Gasteiger partial charge in [0.05, 0.1) is 7.11 Å². The third-order valence-electron chi connectivity index (χ3n) is 5.48. The Morgan fingerprint density at radius 2 is 1.84 bits per heavy atom. The molecule has 1 aliphatic rings. The highest BCUT2D eigenvalue weighted by Gasteiger charge is 2.33. The van der Waals surface area contributed by atoms with Crippen LogP contribution >= 0.6 is 0 Å². The predicted molar refractivity (Wildman–Crippen MR) is 122 cm³/mol. The van der Waals surface area contributed by atoms with E-state index in [1.807, 2.05) is 38.1 Å². The molecule has 0 saturated heterocycles. The van der Waals surface area contributed by atoms with Crippen LogP contribution in [-0.2, 0) is 24.1 Å². The van der Waals surface area contributed by atoms with E-state index in [0.29, 0.717) is 35.8 Å². The number of halogens is 1. The van der Waals surface area contributed by atoms with Gasteiger partial charge < -0.3 is 14.4 Å². The minimum Gasteiger partial charge on any atom is -0.497 e. The van der Waals surface area contributed by atoms with Crippen molar-refractivity contribution in [3.05, 3.63) is 70.7 Å². The number of aromatic nitrogens is 1. The molecule has 1 N–H and O–H groups in total. The Bertz CT molecular complexity index is 1060. The lowest BCUT2D eigenvalue weighted by molar-refractivity contribution is -0.136. The van der Waals surface area contributed by atoms with Gasteiger partial charge in [0.1, 0.15) is 23.0 Å². The molecule has 5 nitrogen and oxygen atoms in total. The van der Waals surface area contributed by atoms with Crippen molar-refractivity contribution in [1.29, 1.82) is 0 Å². The molecule has 0 radical (unpaired) electrons. The quantitative estimate of drug-likeness (QED) is 0.430. The number of nitrogens with zero attached hydrogens (tertiary/aromatic N) is 1. The highest BCUT2D eigenvalue weighted by molar-refractivity contribution is 5.67. The smallest absolute Gasteiger partial charge is 0.303 e. The number of methoxy groups -OCH3 is 1. The Morgan fingerprint density at radius 3 is 2.50 bits per heavy atom. The summed E-state index contributed by atoms with van der Waals surface area (Å²) in [5.41, 5.74) is 4.10. The van der Waals surface area contributed by atoms with E-state index in [9.17, 15) is 9.18 Å². The van der Waals surface area contributed by atoms with Crippen molar-refractivity contribution < 1.29 is 23.6 Å². The Labute approximate surface area is 188 Å². The molecular weight excluding hydrogens is 409 g/mol. The first-order chi connectivity index (χ1) is 15.5. The second kappa shape index (κ2) is 10.9. The molecule has 170 valence electrons. The van der Waals surface area contributed by atoms with Crippen LogP contribution in [0.3, 0.4) is 0 Å². The Kier molecular flexibility index (Phi) is 8.03. The van der Waals surface area contributed by atoms with Crippen LogP contribution in [0.4, 0.5) is 4.39 Å². The number of benzene rings is 2. The molecule has 0 spiro atoms. The van der Waals surface area contributed by atoms with Crippen LogP contribution in [0.15, 0.2) is 47.0 Å². The Hall–Kier alpha value is -3.15. The van der Waals surface area contributed by atoms with Crippen molar-refractivity contribution >= 4 is 5.97 Å². The van der Waals surface area contributed by atoms with Gasteiger partial charge in [-0.1, -0.05) is 43.3 Å². The molecule has 1 fully saturated rings. The summed E-state index contributed by atoms with van der Waals surface area (Å²) in [6.07, 6.45) is 4.14. The van der Waals surface area contributed by atoms with Gasteiger partial charge in [-0.3, -0.25) is 4.79 Å². The first-order valence-corrected chi connectivity index (χ1v) is 11.2. The maximum Gasteiger partial charge on any atom is 0.303 e. The summed E-state index contributed by atoms with van der Waals surface area (Å²) in [5, 5.41) is 13.1. The molecule has 4 rings (SSSR count). The van der Waals surface area contributed by atoms with E-state index in [4.69, 9.17) is 14.4 Å². The number of carboxylic acid groups (broad SMARTS) is 1. The second-order valence-corrected chi connectivity index (χ2v) is 7.70. The van der Waals surface area contributed by atoms with Crippen LogP contribution in [0.1, 0.15) is 61.5 Å². The van der Waals surface area contributed by atoms with Crippen molar-refractivity contribution in [2.45, 2.75) is 58.3 Å². The van der Waals surface area contributed by atoms with Crippen molar-refractivity contribution in [3.8, 4) is 17.0 Å². The van der Waals surface area contributed by atoms with Gasteiger partial charge in [-0.05, 0) is 60.9 Å². The number of aliphatic carboxylic acids is 1. The first-order valence-electron chi connectivity index (χ1n) is 11.2. The number of carbonyl (C=O) groups is 1. The van der Waals surface area contributed by atoms with E-state index in [-0.39, 0.29) is 12.2 Å². The van der Waals surface area contributed by atoms with Gasteiger partial charge in [0.2, 0.25) is 0 Å². The van der Waals surface area contributed by atoms with Crippen LogP contribution in [0.5, 0.6) is 5.75 Å².